The first-order valence-electron chi connectivity index (χ1n) is 5.61. The summed E-state index contributed by atoms with van der Waals surface area (Å²) in [4.78, 5) is 11.9. The second kappa shape index (κ2) is 4.98. The zero-order chi connectivity index (χ0) is 11.5. The van der Waals surface area contributed by atoms with Crippen molar-refractivity contribution in [2.75, 3.05) is 6.61 Å². The van der Waals surface area contributed by atoms with Crippen LogP contribution >= 0.6 is 11.6 Å². The monoisotopic (exact) mass is 238 g/mol. The van der Waals surface area contributed by atoms with Crippen molar-refractivity contribution in [3.8, 4) is 0 Å². The van der Waals surface area contributed by atoms with Gasteiger partial charge in [0.1, 0.15) is 5.78 Å². The Morgan fingerprint density at radius 2 is 2.19 bits per heavy atom. The van der Waals surface area contributed by atoms with Crippen LogP contribution in [0, 0.1) is 5.92 Å². The first-order valence-corrected chi connectivity index (χ1v) is 5.99. The van der Waals surface area contributed by atoms with E-state index in [1.165, 1.54) is 5.56 Å². The molecule has 0 amide bonds. The molecule has 2 nitrogen and oxygen atoms in total. The number of fused-ring (bicyclic) bond motifs is 1. The SMILES string of the molecule is O=C1Cc2cc(Cl)ccc2CCC1CCO. The third-order valence-corrected chi connectivity index (χ3v) is 3.46. The van der Waals surface area contributed by atoms with Gasteiger partial charge in [0.05, 0.1) is 0 Å². The Morgan fingerprint density at radius 1 is 1.38 bits per heavy atom. The third-order valence-electron chi connectivity index (χ3n) is 3.23. The molecule has 2 rings (SSSR count). The second-order valence-corrected chi connectivity index (χ2v) is 4.74. The van der Waals surface area contributed by atoms with Crippen LogP contribution in [0.2, 0.25) is 5.02 Å². The first-order chi connectivity index (χ1) is 7.70. The fourth-order valence-corrected chi connectivity index (χ4v) is 2.48. The first kappa shape index (κ1) is 11.6. The Bertz CT molecular complexity index is 401. The van der Waals surface area contributed by atoms with Gasteiger partial charge in [0.15, 0.2) is 0 Å². The van der Waals surface area contributed by atoms with Gasteiger partial charge in [-0.1, -0.05) is 17.7 Å². The number of aryl methyl sites for hydroxylation is 1. The van der Waals surface area contributed by atoms with Crippen LogP contribution in [0.1, 0.15) is 24.0 Å². The fourth-order valence-electron chi connectivity index (χ4n) is 2.29. The fraction of sp³-hybridized carbons (Fsp3) is 0.462. The normalized spacial score (nSPS) is 20.4. The molecule has 0 fully saturated rings. The van der Waals surface area contributed by atoms with E-state index in [0.717, 1.165) is 18.4 Å². The molecule has 0 heterocycles. The average Bonchev–Trinajstić information content (AvgIpc) is 2.39. The van der Waals surface area contributed by atoms with Gasteiger partial charge in [-0.3, -0.25) is 4.79 Å². The van der Waals surface area contributed by atoms with E-state index in [1.807, 2.05) is 18.2 Å². The predicted octanol–water partition coefficient (Wildman–Crippen LogP) is 2.40. The van der Waals surface area contributed by atoms with Crippen LogP contribution in [0.25, 0.3) is 0 Å². The van der Waals surface area contributed by atoms with Crippen molar-refractivity contribution < 1.29 is 9.90 Å². The number of ketones is 1. The maximum Gasteiger partial charge on any atom is 0.140 e. The van der Waals surface area contributed by atoms with Crippen LogP contribution in [-0.2, 0) is 17.6 Å². The molecule has 1 aliphatic carbocycles. The molecule has 86 valence electrons. The van der Waals surface area contributed by atoms with Crippen molar-refractivity contribution in [1.29, 1.82) is 0 Å². The van der Waals surface area contributed by atoms with Crippen LogP contribution in [0.5, 0.6) is 0 Å². The van der Waals surface area contributed by atoms with Gasteiger partial charge in [0, 0.05) is 24.0 Å². The standard InChI is InChI=1S/C13H15ClO2/c14-12-4-3-9-1-2-10(5-6-15)13(16)8-11(9)7-12/h3-4,7,10,15H,1-2,5-6,8H2. The summed E-state index contributed by atoms with van der Waals surface area (Å²) in [7, 11) is 0. The third kappa shape index (κ3) is 2.45. The molecule has 1 N–H and O–H groups in total. The smallest absolute Gasteiger partial charge is 0.140 e. The lowest BCUT2D eigenvalue weighted by Gasteiger charge is -2.09. The van der Waals surface area contributed by atoms with Gasteiger partial charge in [-0.2, -0.15) is 0 Å². The topological polar surface area (TPSA) is 37.3 Å². The molecule has 0 radical (unpaired) electrons. The molecule has 0 aromatic heterocycles. The molecular weight excluding hydrogens is 224 g/mol. The lowest BCUT2D eigenvalue weighted by Crippen LogP contribution is -2.16. The number of aliphatic hydroxyl groups excluding tert-OH is 1. The number of hydrogen-bond acceptors (Lipinski definition) is 2. The van der Waals surface area contributed by atoms with Crippen molar-refractivity contribution in [2.24, 2.45) is 5.92 Å². The number of Topliss-reactive ketones (excluding diaryl/α,β-unsaturated/α-hetero) is 1. The number of rotatable bonds is 2. The summed E-state index contributed by atoms with van der Waals surface area (Å²) in [6, 6.07) is 5.76. The lowest BCUT2D eigenvalue weighted by molar-refractivity contribution is -0.122. The van der Waals surface area contributed by atoms with Crippen molar-refractivity contribution in [3.05, 3.63) is 34.3 Å². The summed E-state index contributed by atoms with van der Waals surface area (Å²) in [5.41, 5.74) is 2.27. The molecule has 3 heteroatoms. The highest BCUT2D eigenvalue weighted by Gasteiger charge is 2.23. The molecular formula is C13H15ClO2. The summed E-state index contributed by atoms with van der Waals surface area (Å²) in [6.45, 7) is 0.0908. The molecule has 1 aliphatic rings. The van der Waals surface area contributed by atoms with E-state index >= 15 is 0 Å². The molecule has 0 spiro atoms. The van der Waals surface area contributed by atoms with E-state index < -0.39 is 0 Å². The van der Waals surface area contributed by atoms with E-state index in [4.69, 9.17) is 16.7 Å². The van der Waals surface area contributed by atoms with Gasteiger partial charge in [-0.15, -0.1) is 0 Å². The van der Waals surface area contributed by atoms with Gasteiger partial charge in [-0.25, -0.2) is 0 Å². The van der Waals surface area contributed by atoms with Crippen LogP contribution in [0.4, 0.5) is 0 Å². The highest BCUT2D eigenvalue weighted by Crippen LogP contribution is 2.26. The van der Waals surface area contributed by atoms with Crippen molar-refractivity contribution in [1.82, 2.24) is 0 Å². The molecule has 0 aliphatic heterocycles. The zero-order valence-electron chi connectivity index (χ0n) is 9.08. The molecule has 1 atom stereocenters. The maximum absolute atomic E-state index is 11.9. The average molecular weight is 239 g/mol. The van der Waals surface area contributed by atoms with Crippen molar-refractivity contribution in [3.63, 3.8) is 0 Å². The van der Waals surface area contributed by atoms with Gasteiger partial charge in [-0.05, 0) is 42.5 Å². The number of carbonyl (C=O) groups is 1. The van der Waals surface area contributed by atoms with Gasteiger partial charge in [0.2, 0.25) is 0 Å². The summed E-state index contributed by atoms with van der Waals surface area (Å²) >= 11 is 5.92. The van der Waals surface area contributed by atoms with Crippen LogP contribution in [0.3, 0.4) is 0 Å². The summed E-state index contributed by atoms with van der Waals surface area (Å²) in [6.07, 6.45) is 2.79. The molecule has 1 aromatic carbocycles. The summed E-state index contributed by atoms with van der Waals surface area (Å²) < 4.78 is 0. The lowest BCUT2D eigenvalue weighted by atomic mass is 9.95. The van der Waals surface area contributed by atoms with Crippen molar-refractivity contribution >= 4 is 17.4 Å². The summed E-state index contributed by atoms with van der Waals surface area (Å²) in [5, 5.41) is 9.60. The quantitative estimate of drug-likeness (QED) is 0.804. The minimum absolute atomic E-state index is 0.0103. The van der Waals surface area contributed by atoms with Gasteiger partial charge in [0.25, 0.3) is 0 Å². The molecule has 0 saturated carbocycles. The molecule has 0 saturated heterocycles. The second-order valence-electron chi connectivity index (χ2n) is 4.30. The van der Waals surface area contributed by atoms with Gasteiger partial charge < -0.3 is 5.11 Å². The highest BCUT2D eigenvalue weighted by atomic mass is 35.5. The Balaban J connectivity index is 2.23. The molecule has 1 aromatic rings. The molecule has 1 unspecified atom stereocenters. The van der Waals surface area contributed by atoms with E-state index in [9.17, 15) is 4.79 Å². The minimum Gasteiger partial charge on any atom is -0.396 e. The Morgan fingerprint density at radius 3 is 2.94 bits per heavy atom. The largest absolute Gasteiger partial charge is 0.396 e. The zero-order valence-corrected chi connectivity index (χ0v) is 9.83. The van der Waals surface area contributed by atoms with Crippen molar-refractivity contribution in [2.45, 2.75) is 25.7 Å². The molecule has 0 bridgehead atoms. The van der Waals surface area contributed by atoms with E-state index in [2.05, 4.69) is 0 Å². The van der Waals surface area contributed by atoms with Crippen LogP contribution in [0.15, 0.2) is 18.2 Å². The Labute approximate surface area is 100 Å². The number of aliphatic hydroxyl groups is 1. The Hall–Kier alpha value is -0.860. The Kier molecular flexibility index (Phi) is 3.62. The van der Waals surface area contributed by atoms with Gasteiger partial charge >= 0.3 is 0 Å². The van der Waals surface area contributed by atoms with E-state index in [0.29, 0.717) is 17.9 Å². The van der Waals surface area contributed by atoms with E-state index in [-0.39, 0.29) is 18.3 Å². The molecule has 16 heavy (non-hydrogen) atoms. The number of halogens is 1. The number of benzene rings is 1. The van der Waals surface area contributed by atoms with E-state index in [1.54, 1.807) is 0 Å². The predicted molar refractivity (Wildman–Crippen MR) is 63.7 cm³/mol. The maximum atomic E-state index is 11.9. The minimum atomic E-state index is 0.0103. The highest BCUT2D eigenvalue weighted by molar-refractivity contribution is 6.30. The van der Waals surface area contributed by atoms with Crippen LogP contribution in [-0.4, -0.2) is 17.5 Å². The summed E-state index contributed by atoms with van der Waals surface area (Å²) in [5.74, 6) is 0.242. The number of carbonyl (C=O) groups excluding carboxylic acids is 1. The number of hydrogen-bond donors (Lipinski definition) is 1. The van der Waals surface area contributed by atoms with Crippen LogP contribution < -0.4 is 0 Å².